The van der Waals surface area contributed by atoms with Gasteiger partial charge in [0.2, 0.25) is 0 Å². The van der Waals surface area contributed by atoms with Crippen molar-refractivity contribution in [2.24, 2.45) is 0 Å². The van der Waals surface area contributed by atoms with Gasteiger partial charge in [-0.3, -0.25) is 0 Å². The molecule has 57 valence electrons. The molecule has 0 aliphatic carbocycles. The minimum absolute atomic E-state index is 0.373. The number of benzene rings is 1. The summed E-state index contributed by atoms with van der Waals surface area (Å²) in [5, 5.41) is 0. The van der Waals surface area contributed by atoms with Crippen LogP contribution in [0.2, 0.25) is 0 Å². The molecule has 0 N–H and O–H groups in total. The number of fused-ring (bicyclic) bond motifs is 1. The lowest BCUT2D eigenvalue weighted by Gasteiger charge is -2.22. The molecule has 0 bridgehead atoms. The fourth-order valence-corrected chi connectivity index (χ4v) is 1.40. The van der Waals surface area contributed by atoms with E-state index in [-0.39, 0.29) is 0 Å². The van der Waals surface area contributed by atoms with Gasteiger partial charge in [0.25, 0.3) is 0 Å². The van der Waals surface area contributed by atoms with E-state index in [1.165, 1.54) is 5.56 Å². The van der Waals surface area contributed by atoms with Crippen LogP contribution >= 0.6 is 0 Å². The van der Waals surface area contributed by atoms with Gasteiger partial charge in [-0.05, 0) is 37.5 Å². The van der Waals surface area contributed by atoms with Crippen LogP contribution in [-0.4, -0.2) is 6.10 Å². The van der Waals surface area contributed by atoms with Crippen LogP contribution in [-0.2, 0) is 6.42 Å². The van der Waals surface area contributed by atoms with Crippen molar-refractivity contribution in [2.45, 2.75) is 25.9 Å². The number of hydrogen-bond donors (Lipinski definition) is 0. The van der Waals surface area contributed by atoms with Crippen molar-refractivity contribution < 1.29 is 4.74 Å². The third-order valence-electron chi connectivity index (χ3n) is 2.06. The molecule has 0 saturated heterocycles. The molecular formula is C10H11O. The van der Waals surface area contributed by atoms with Crippen molar-refractivity contribution in [3.05, 3.63) is 29.8 Å². The third-order valence-corrected chi connectivity index (χ3v) is 2.06. The Morgan fingerprint density at radius 1 is 1.64 bits per heavy atom. The Morgan fingerprint density at radius 2 is 2.55 bits per heavy atom. The Bertz CT molecular complexity index is 255. The van der Waals surface area contributed by atoms with Crippen molar-refractivity contribution >= 4 is 0 Å². The maximum atomic E-state index is 5.60. The minimum Gasteiger partial charge on any atom is -0.490 e. The van der Waals surface area contributed by atoms with Gasteiger partial charge in [-0.15, -0.1) is 0 Å². The Labute approximate surface area is 67.0 Å². The number of hydrogen-bond acceptors (Lipinski definition) is 1. The highest BCUT2D eigenvalue weighted by Gasteiger charge is 2.14. The maximum absolute atomic E-state index is 5.60. The van der Waals surface area contributed by atoms with E-state index in [1.54, 1.807) is 0 Å². The van der Waals surface area contributed by atoms with Crippen LogP contribution < -0.4 is 4.74 Å². The zero-order valence-electron chi connectivity index (χ0n) is 6.63. The summed E-state index contributed by atoms with van der Waals surface area (Å²) in [6, 6.07) is 8.96. The number of ether oxygens (including phenoxy) is 1. The van der Waals surface area contributed by atoms with Gasteiger partial charge < -0.3 is 4.74 Å². The lowest BCUT2D eigenvalue weighted by Crippen LogP contribution is -2.18. The minimum atomic E-state index is 0.373. The molecule has 0 saturated carbocycles. The molecule has 1 atom stereocenters. The first-order valence-corrected chi connectivity index (χ1v) is 4.02. The number of rotatable bonds is 0. The largest absolute Gasteiger partial charge is 0.490 e. The number of aryl methyl sites for hydroxylation is 1. The monoisotopic (exact) mass is 147 g/mol. The molecule has 1 radical (unpaired) electrons. The molecule has 1 heteroatoms. The summed E-state index contributed by atoms with van der Waals surface area (Å²) in [6.07, 6.45) is 2.65. The van der Waals surface area contributed by atoms with Crippen LogP contribution in [0.25, 0.3) is 0 Å². The van der Waals surface area contributed by atoms with Gasteiger partial charge in [0.15, 0.2) is 0 Å². The normalized spacial score (nSPS) is 22.1. The summed E-state index contributed by atoms with van der Waals surface area (Å²) < 4.78 is 5.60. The van der Waals surface area contributed by atoms with Crippen molar-refractivity contribution in [2.75, 3.05) is 0 Å². The van der Waals surface area contributed by atoms with Gasteiger partial charge in [0, 0.05) is 0 Å². The van der Waals surface area contributed by atoms with Gasteiger partial charge in [-0.2, -0.15) is 0 Å². The molecular weight excluding hydrogens is 136 g/mol. The van der Waals surface area contributed by atoms with E-state index < -0.39 is 0 Å². The molecule has 0 aromatic heterocycles. The highest BCUT2D eigenvalue weighted by atomic mass is 16.5. The van der Waals surface area contributed by atoms with Gasteiger partial charge in [0.1, 0.15) is 5.75 Å². The van der Waals surface area contributed by atoms with Gasteiger partial charge in [0.05, 0.1) is 6.10 Å². The summed E-state index contributed by atoms with van der Waals surface area (Å²) >= 11 is 0. The van der Waals surface area contributed by atoms with Gasteiger partial charge >= 0.3 is 0 Å². The molecule has 1 aromatic rings. The predicted molar refractivity (Wildman–Crippen MR) is 43.7 cm³/mol. The fourth-order valence-electron chi connectivity index (χ4n) is 1.40. The smallest absolute Gasteiger partial charge is 0.123 e. The van der Waals surface area contributed by atoms with E-state index in [0.717, 1.165) is 18.6 Å². The second-order valence-corrected chi connectivity index (χ2v) is 3.00. The van der Waals surface area contributed by atoms with E-state index in [0.29, 0.717) is 6.10 Å². The molecule has 11 heavy (non-hydrogen) atoms. The summed E-state index contributed by atoms with van der Waals surface area (Å²) in [6.45, 7) is 2.11. The average molecular weight is 147 g/mol. The zero-order chi connectivity index (χ0) is 7.68. The Morgan fingerprint density at radius 3 is 3.45 bits per heavy atom. The third kappa shape index (κ3) is 1.23. The quantitative estimate of drug-likeness (QED) is 0.546. The average Bonchev–Trinajstić information content (AvgIpc) is 2.04. The first kappa shape index (κ1) is 6.71. The highest BCUT2D eigenvalue weighted by Crippen LogP contribution is 2.26. The second-order valence-electron chi connectivity index (χ2n) is 3.00. The standard InChI is InChI=1S/C10H11O/c1-8-6-7-9-4-2-3-5-10(9)11-8/h2,4-5,8H,6-7H2,1H3. The lowest BCUT2D eigenvalue weighted by molar-refractivity contribution is 0.192. The maximum Gasteiger partial charge on any atom is 0.123 e. The summed E-state index contributed by atoms with van der Waals surface area (Å²) in [7, 11) is 0. The second kappa shape index (κ2) is 2.57. The predicted octanol–water partition coefficient (Wildman–Crippen LogP) is 2.20. The lowest BCUT2D eigenvalue weighted by atomic mass is 10.0. The van der Waals surface area contributed by atoms with E-state index in [9.17, 15) is 0 Å². The molecule has 1 heterocycles. The van der Waals surface area contributed by atoms with Gasteiger partial charge in [-0.25, -0.2) is 0 Å². The molecule has 0 spiro atoms. The van der Waals surface area contributed by atoms with Crippen LogP contribution in [0.5, 0.6) is 5.75 Å². The zero-order valence-corrected chi connectivity index (χ0v) is 6.63. The molecule has 1 unspecified atom stereocenters. The van der Waals surface area contributed by atoms with E-state index in [4.69, 9.17) is 4.74 Å². The molecule has 0 fully saturated rings. The van der Waals surface area contributed by atoms with Crippen LogP contribution in [0.15, 0.2) is 18.2 Å². The van der Waals surface area contributed by atoms with E-state index >= 15 is 0 Å². The van der Waals surface area contributed by atoms with E-state index in [1.807, 2.05) is 12.1 Å². The summed E-state index contributed by atoms with van der Waals surface area (Å²) in [5.41, 5.74) is 1.32. The Kier molecular flexibility index (Phi) is 1.57. The summed E-state index contributed by atoms with van der Waals surface area (Å²) in [4.78, 5) is 0. The van der Waals surface area contributed by atoms with E-state index in [2.05, 4.69) is 19.1 Å². The summed E-state index contributed by atoms with van der Waals surface area (Å²) in [5.74, 6) is 1.02. The topological polar surface area (TPSA) is 9.23 Å². The molecule has 1 nitrogen and oxygen atoms in total. The Balaban J connectivity index is 2.34. The first-order chi connectivity index (χ1) is 5.36. The van der Waals surface area contributed by atoms with Crippen LogP contribution in [0.4, 0.5) is 0 Å². The molecule has 1 aromatic carbocycles. The van der Waals surface area contributed by atoms with Crippen LogP contribution in [0.1, 0.15) is 18.9 Å². The SMILES string of the molecule is CC1CCc2cc[c]cc2O1. The van der Waals surface area contributed by atoms with Crippen LogP contribution in [0.3, 0.4) is 0 Å². The van der Waals surface area contributed by atoms with Crippen molar-refractivity contribution in [1.82, 2.24) is 0 Å². The first-order valence-electron chi connectivity index (χ1n) is 4.02. The molecule has 1 aliphatic heterocycles. The molecule has 1 aliphatic rings. The van der Waals surface area contributed by atoms with Gasteiger partial charge in [-0.1, -0.05) is 12.1 Å². The van der Waals surface area contributed by atoms with Crippen molar-refractivity contribution in [3.63, 3.8) is 0 Å². The Hall–Kier alpha value is -0.980. The van der Waals surface area contributed by atoms with Crippen molar-refractivity contribution in [3.8, 4) is 5.75 Å². The molecule has 0 amide bonds. The fraction of sp³-hybridized carbons (Fsp3) is 0.400. The van der Waals surface area contributed by atoms with Crippen LogP contribution in [0, 0.1) is 6.07 Å². The highest BCUT2D eigenvalue weighted by molar-refractivity contribution is 5.34. The molecule has 2 rings (SSSR count). The van der Waals surface area contributed by atoms with Crippen molar-refractivity contribution in [1.29, 1.82) is 0 Å².